The number of rotatable bonds is 4. The molecule has 0 radical (unpaired) electrons. The molecule has 7 heteroatoms. The maximum atomic E-state index is 12.8. The Kier molecular flexibility index (Phi) is 4.67. The van der Waals surface area contributed by atoms with Crippen LogP contribution in [-0.4, -0.2) is 23.5 Å². The van der Waals surface area contributed by atoms with Crippen molar-refractivity contribution in [2.45, 2.75) is 63.3 Å². The molecule has 0 aliphatic heterocycles. The summed E-state index contributed by atoms with van der Waals surface area (Å²) < 4.78 is 43.6. The second kappa shape index (κ2) is 6.78. The Morgan fingerprint density at radius 2 is 1.68 bits per heavy atom. The van der Waals surface area contributed by atoms with Crippen LogP contribution in [-0.2, 0) is 15.7 Å². The van der Waals surface area contributed by atoms with Gasteiger partial charge in [0.05, 0.1) is 11.1 Å². The number of ether oxygens (including phenoxy) is 1. The van der Waals surface area contributed by atoms with Gasteiger partial charge in [0.15, 0.2) is 6.10 Å². The third-order valence-corrected chi connectivity index (χ3v) is 6.51. The molecule has 28 heavy (non-hydrogen) atoms. The minimum absolute atomic E-state index is 0.206. The zero-order valence-corrected chi connectivity index (χ0v) is 15.7. The fourth-order valence-electron chi connectivity index (χ4n) is 5.73. The molecule has 4 aliphatic rings. The van der Waals surface area contributed by atoms with Gasteiger partial charge in [-0.1, -0.05) is 6.07 Å². The molecule has 0 heterocycles. The lowest BCUT2D eigenvalue weighted by Gasteiger charge is -2.57. The van der Waals surface area contributed by atoms with Crippen LogP contribution < -0.4 is 5.32 Å². The van der Waals surface area contributed by atoms with Gasteiger partial charge in [-0.2, -0.15) is 13.2 Å². The quantitative estimate of drug-likeness (QED) is 0.772. The largest absolute Gasteiger partial charge is 0.449 e. The predicted octanol–water partition coefficient (Wildman–Crippen LogP) is 4.34. The Hall–Kier alpha value is -2.05. The van der Waals surface area contributed by atoms with Gasteiger partial charge < -0.3 is 10.1 Å². The lowest BCUT2D eigenvalue weighted by Crippen LogP contribution is -2.61. The van der Waals surface area contributed by atoms with Gasteiger partial charge in [0, 0.05) is 5.54 Å². The molecule has 4 nitrogen and oxygen atoms in total. The molecule has 1 amide bonds. The number of hydrogen-bond donors (Lipinski definition) is 1. The highest BCUT2D eigenvalue weighted by atomic mass is 19.4. The van der Waals surface area contributed by atoms with Crippen LogP contribution in [0.25, 0.3) is 0 Å². The van der Waals surface area contributed by atoms with Crippen LogP contribution in [0.15, 0.2) is 24.3 Å². The van der Waals surface area contributed by atoms with Crippen molar-refractivity contribution in [2.24, 2.45) is 17.8 Å². The van der Waals surface area contributed by atoms with Crippen molar-refractivity contribution in [3.8, 4) is 0 Å². The standard InChI is InChI=1S/C21H24F3NO3/c1-12(28-19(27)16-3-2-4-17(8-16)21(22,23)24)18(26)25-20-9-13-5-14(10-20)7-15(6-13)11-20/h2-4,8,12-15H,5-7,9-11H2,1H3,(H,25,26)/t12-,13?,14?,15?,20?/m1/s1. The van der Waals surface area contributed by atoms with Gasteiger partial charge in [0.1, 0.15) is 0 Å². The fraction of sp³-hybridized carbons (Fsp3) is 0.619. The second-order valence-electron chi connectivity index (χ2n) is 8.81. The zero-order chi connectivity index (χ0) is 20.1. The topological polar surface area (TPSA) is 55.4 Å². The molecule has 4 saturated carbocycles. The van der Waals surface area contributed by atoms with E-state index in [1.165, 1.54) is 32.3 Å². The summed E-state index contributed by atoms with van der Waals surface area (Å²) in [4.78, 5) is 24.9. The first-order chi connectivity index (χ1) is 13.1. The molecular formula is C21H24F3NO3. The van der Waals surface area contributed by atoms with Gasteiger partial charge in [-0.25, -0.2) is 4.79 Å². The molecule has 0 spiro atoms. The molecule has 4 aliphatic carbocycles. The summed E-state index contributed by atoms with van der Waals surface area (Å²) in [5.41, 5.74) is -1.35. The van der Waals surface area contributed by atoms with E-state index in [1.54, 1.807) is 0 Å². The predicted molar refractivity (Wildman–Crippen MR) is 95.4 cm³/mol. The molecule has 0 aromatic heterocycles. The Balaban J connectivity index is 1.39. The molecule has 0 unspecified atom stereocenters. The van der Waals surface area contributed by atoms with E-state index in [0.29, 0.717) is 17.8 Å². The molecule has 4 bridgehead atoms. The molecule has 5 rings (SSSR count). The van der Waals surface area contributed by atoms with Gasteiger partial charge in [0.2, 0.25) is 0 Å². The minimum atomic E-state index is -4.54. The number of nitrogens with one attached hydrogen (secondary N) is 1. The summed E-state index contributed by atoms with van der Waals surface area (Å²) >= 11 is 0. The van der Waals surface area contributed by atoms with Gasteiger partial charge in [-0.05, 0) is 81.4 Å². The lowest BCUT2D eigenvalue weighted by atomic mass is 9.53. The van der Waals surface area contributed by atoms with Gasteiger partial charge in [0.25, 0.3) is 5.91 Å². The molecule has 1 aromatic rings. The lowest BCUT2D eigenvalue weighted by molar-refractivity contribution is -0.138. The zero-order valence-electron chi connectivity index (χ0n) is 15.7. The molecule has 1 N–H and O–H groups in total. The monoisotopic (exact) mass is 395 g/mol. The van der Waals surface area contributed by atoms with Crippen molar-refractivity contribution in [3.63, 3.8) is 0 Å². The van der Waals surface area contributed by atoms with Gasteiger partial charge >= 0.3 is 12.1 Å². The first kappa shape index (κ1) is 19.3. The average molecular weight is 395 g/mol. The molecule has 0 saturated heterocycles. The third-order valence-electron chi connectivity index (χ3n) is 6.51. The average Bonchev–Trinajstić information content (AvgIpc) is 2.59. The smallest absolute Gasteiger partial charge is 0.416 e. The highest BCUT2D eigenvalue weighted by Gasteiger charge is 2.51. The SMILES string of the molecule is C[C@@H](OC(=O)c1cccc(C(F)(F)F)c1)C(=O)NC12CC3CC(CC(C3)C1)C2. The van der Waals surface area contributed by atoms with Crippen LogP contribution in [0, 0.1) is 17.8 Å². The molecule has 4 fully saturated rings. The molecule has 152 valence electrons. The van der Waals surface area contributed by atoms with Gasteiger partial charge in [-0.15, -0.1) is 0 Å². The van der Waals surface area contributed by atoms with E-state index in [2.05, 4.69) is 5.32 Å². The number of hydrogen-bond acceptors (Lipinski definition) is 3. The number of halogens is 3. The van der Waals surface area contributed by atoms with Crippen LogP contribution in [0.3, 0.4) is 0 Å². The normalized spacial score (nSPS) is 32.1. The summed E-state index contributed by atoms with van der Waals surface area (Å²) in [6.07, 6.45) is 1.05. The van der Waals surface area contributed by atoms with Crippen LogP contribution in [0.2, 0.25) is 0 Å². The Morgan fingerprint density at radius 1 is 1.11 bits per heavy atom. The van der Waals surface area contributed by atoms with Crippen molar-refractivity contribution in [2.75, 3.05) is 0 Å². The van der Waals surface area contributed by atoms with E-state index in [9.17, 15) is 22.8 Å². The minimum Gasteiger partial charge on any atom is -0.449 e. The summed E-state index contributed by atoms with van der Waals surface area (Å²) in [6, 6.07) is 4.03. The van der Waals surface area contributed by atoms with Crippen LogP contribution in [0.5, 0.6) is 0 Å². The van der Waals surface area contributed by atoms with E-state index >= 15 is 0 Å². The van der Waals surface area contributed by atoms with Gasteiger partial charge in [-0.3, -0.25) is 4.79 Å². The highest BCUT2D eigenvalue weighted by Crippen LogP contribution is 2.55. The van der Waals surface area contributed by atoms with E-state index < -0.39 is 23.8 Å². The van der Waals surface area contributed by atoms with Crippen molar-refractivity contribution < 1.29 is 27.5 Å². The third kappa shape index (κ3) is 3.76. The molecule has 1 atom stereocenters. The van der Waals surface area contributed by atoms with Crippen LogP contribution in [0.4, 0.5) is 13.2 Å². The number of amides is 1. The Bertz CT molecular complexity index is 754. The second-order valence-corrected chi connectivity index (χ2v) is 8.81. The van der Waals surface area contributed by atoms with Crippen LogP contribution in [0.1, 0.15) is 61.4 Å². The maximum Gasteiger partial charge on any atom is 0.416 e. The number of benzene rings is 1. The number of carbonyl (C=O) groups excluding carboxylic acids is 2. The van der Waals surface area contributed by atoms with E-state index in [0.717, 1.165) is 37.5 Å². The summed E-state index contributed by atoms with van der Waals surface area (Å²) in [5.74, 6) is 0.681. The first-order valence-electron chi connectivity index (χ1n) is 9.84. The van der Waals surface area contributed by atoms with Crippen molar-refractivity contribution in [3.05, 3.63) is 35.4 Å². The Morgan fingerprint density at radius 3 is 2.21 bits per heavy atom. The van der Waals surface area contributed by atoms with Crippen LogP contribution >= 0.6 is 0 Å². The summed E-state index contributed by atoms with van der Waals surface area (Å²) in [6.45, 7) is 1.46. The summed E-state index contributed by atoms with van der Waals surface area (Å²) in [7, 11) is 0. The van der Waals surface area contributed by atoms with Crippen molar-refractivity contribution in [1.82, 2.24) is 5.32 Å². The number of esters is 1. The van der Waals surface area contributed by atoms with E-state index in [1.807, 2.05) is 0 Å². The summed E-state index contributed by atoms with van der Waals surface area (Å²) in [5, 5.41) is 3.12. The van der Waals surface area contributed by atoms with Crippen molar-refractivity contribution >= 4 is 11.9 Å². The number of alkyl halides is 3. The molecular weight excluding hydrogens is 371 g/mol. The van der Waals surface area contributed by atoms with E-state index in [4.69, 9.17) is 4.74 Å². The Labute approximate surface area is 161 Å². The van der Waals surface area contributed by atoms with E-state index in [-0.39, 0.29) is 17.0 Å². The van der Waals surface area contributed by atoms with Crippen molar-refractivity contribution in [1.29, 1.82) is 0 Å². The molecule has 1 aromatic carbocycles. The first-order valence-corrected chi connectivity index (χ1v) is 9.84. The fourth-order valence-corrected chi connectivity index (χ4v) is 5.73. The highest BCUT2D eigenvalue weighted by molar-refractivity contribution is 5.92. The maximum absolute atomic E-state index is 12.8. The number of carbonyl (C=O) groups is 2.